The predicted octanol–water partition coefficient (Wildman–Crippen LogP) is 3.00. The van der Waals surface area contributed by atoms with E-state index in [1.807, 2.05) is 18.2 Å². The highest BCUT2D eigenvalue weighted by Crippen LogP contribution is 2.21. The van der Waals surface area contributed by atoms with Crippen LogP contribution in [0.25, 0.3) is 0 Å². The van der Waals surface area contributed by atoms with Crippen molar-refractivity contribution >= 4 is 0 Å². The number of hydrogen-bond acceptors (Lipinski definition) is 3. The average molecular weight is 277 g/mol. The summed E-state index contributed by atoms with van der Waals surface area (Å²) in [5, 5.41) is 8.94. The summed E-state index contributed by atoms with van der Waals surface area (Å²) in [4.78, 5) is 2.57. The molecule has 1 aromatic carbocycles. The Labute approximate surface area is 122 Å². The van der Waals surface area contributed by atoms with Gasteiger partial charge in [-0.25, -0.2) is 0 Å². The smallest absolute Gasteiger partial charge is 0.122 e. The summed E-state index contributed by atoms with van der Waals surface area (Å²) >= 11 is 0. The third-order valence-corrected chi connectivity index (χ3v) is 4.14. The number of likely N-dealkylation sites (tertiary alicyclic amines) is 1. The molecule has 1 aliphatic heterocycles. The van der Waals surface area contributed by atoms with E-state index < -0.39 is 0 Å². The van der Waals surface area contributed by atoms with Crippen molar-refractivity contribution in [3.8, 4) is 5.75 Å². The van der Waals surface area contributed by atoms with Crippen LogP contribution in [0.4, 0.5) is 0 Å². The molecular weight excluding hydrogens is 250 g/mol. The number of aliphatic hydroxyl groups excluding tert-OH is 1. The molecule has 1 unspecified atom stereocenters. The lowest BCUT2D eigenvalue weighted by molar-refractivity contribution is 0.199. The van der Waals surface area contributed by atoms with Crippen molar-refractivity contribution in [2.45, 2.75) is 45.1 Å². The predicted molar refractivity (Wildman–Crippen MR) is 82.2 cm³/mol. The Morgan fingerprint density at radius 1 is 1.30 bits per heavy atom. The normalized spacial score (nSPS) is 19.4. The van der Waals surface area contributed by atoms with Gasteiger partial charge in [0.15, 0.2) is 0 Å². The maximum atomic E-state index is 8.94. The highest BCUT2D eigenvalue weighted by Gasteiger charge is 2.23. The maximum Gasteiger partial charge on any atom is 0.122 e. The number of aliphatic hydroxyl groups is 1. The van der Waals surface area contributed by atoms with Gasteiger partial charge in [0.05, 0.1) is 6.61 Å². The first-order valence-corrected chi connectivity index (χ1v) is 7.84. The summed E-state index contributed by atoms with van der Waals surface area (Å²) < 4.78 is 5.85. The average Bonchev–Trinajstić information content (AvgIpc) is 2.90. The molecule has 0 aromatic heterocycles. The van der Waals surface area contributed by atoms with E-state index in [1.54, 1.807) is 0 Å². The summed E-state index contributed by atoms with van der Waals surface area (Å²) in [6.45, 7) is 5.51. The number of para-hydroxylation sites is 1. The van der Waals surface area contributed by atoms with Gasteiger partial charge < -0.3 is 14.7 Å². The largest absolute Gasteiger partial charge is 0.493 e. The molecule has 1 aromatic rings. The van der Waals surface area contributed by atoms with Gasteiger partial charge in [-0.15, -0.1) is 0 Å². The number of ether oxygens (including phenoxy) is 1. The molecule has 1 heterocycles. The second kappa shape index (κ2) is 8.28. The van der Waals surface area contributed by atoms with Crippen molar-refractivity contribution in [2.24, 2.45) is 0 Å². The third-order valence-electron chi connectivity index (χ3n) is 4.14. The molecule has 0 amide bonds. The van der Waals surface area contributed by atoms with E-state index in [-0.39, 0.29) is 0 Å². The molecule has 0 saturated carbocycles. The number of benzene rings is 1. The summed E-state index contributed by atoms with van der Waals surface area (Å²) in [6.07, 6.45) is 5.73. The highest BCUT2D eigenvalue weighted by molar-refractivity contribution is 5.31. The Morgan fingerprint density at radius 3 is 2.95 bits per heavy atom. The second-order valence-corrected chi connectivity index (χ2v) is 5.67. The fraction of sp³-hybridized carbons (Fsp3) is 0.647. The molecule has 0 radical (unpaired) electrons. The molecule has 20 heavy (non-hydrogen) atoms. The van der Waals surface area contributed by atoms with Crippen molar-refractivity contribution in [1.82, 2.24) is 4.90 Å². The SMILES string of the molecule is Cc1ccccc1OCCCN1CCCC1CCCO. The Hall–Kier alpha value is -1.06. The molecule has 3 nitrogen and oxygen atoms in total. The van der Waals surface area contributed by atoms with Gasteiger partial charge in [-0.2, -0.15) is 0 Å². The van der Waals surface area contributed by atoms with Crippen LogP contribution in [0.2, 0.25) is 0 Å². The van der Waals surface area contributed by atoms with E-state index in [4.69, 9.17) is 9.84 Å². The first-order valence-electron chi connectivity index (χ1n) is 7.84. The van der Waals surface area contributed by atoms with E-state index in [0.717, 1.165) is 38.2 Å². The van der Waals surface area contributed by atoms with Crippen LogP contribution < -0.4 is 4.74 Å². The Morgan fingerprint density at radius 2 is 2.15 bits per heavy atom. The molecule has 0 aliphatic carbocycles. The summed E-state index contributed by atoms with van der Waals surface area (Å²) in [6, 6.07) is 8.86. The van der Waals surface area contributed by atoms with Gasteiger partial charge in [0, 0.05) is 19.2 Å². The fourth-order valence-corrected chi connectivity index (χ4v) is 3.01. The van der Waals surface area contributed by atoms with Crippen LogP contribution in [0, 0.1) is 6.92 Å². The van der Waals surface area contributed by atoms with E-state index >= 15 is 0 Å². The van der Waals surface area contributed by atoms with Gasteiger partial charge in [0.25, 0.3) is 0 Å². The summed E-state index contributed by atoms with van der Waals surface area (Å²) in [5.74, 6) is 1.01. The molecule has 3 heteroatoms. The monoisotopic (exact) mass is 277 g/mol. The van der Waals surface area contributed by atoms with Crippen LogP contribution in [-0.2, 0) is 0 Å². The Bertz CT molecular complexity index is 394. The molecule has 1 aliphatic rings. The molecular formula is C17H27NO2. The molecule has 1 atom stereocenters. The van der Waals surface area contributed by atoms with Gasteiger partial charge in [0.1, 0.15) is 5.75 Å². The van der Waals surface area contributed by atoms with E-state index in [1.165, 1.54) is 24.9 Å². The van der Waals surface area contributed by atoms with Gasteiger partial charge in [0.2, 0.25) is 0 Å². The van der Waals surface area contributed by atoms with Crippen molar-refractivity contribution in [2.75, 3.05) is 26.3 Å². The number of nitrogens with zero attached hydrogens (tertiary/aromatic N) is 1. The van der Waals surface area contributed by atoms with Gasteiger partial charge in [-0.3, -0.25) is 0 Å². The van der Waals surface area contributed by atoms with E-state index in [2.05, 4.69) is 17.9 Å². The van der Waals surface area contributed by atoms with Gasteiger partial charge in [-0.1, -0.05) is 18.2 Å². The van der Waals surface area contributed by atoms with Crippen molar-refractivity contribution in [3.05, 3.63) is 29.8 Å². The quantitative estimate of drug-likeness (QED) is 0.741. The lowest BCUT2D eigenvalue weighted by Crippen LogP contribution is -2.31. The fourth-order valence-electron chi connectivity index (χ4n) is 3.01. The van der Waals surface area contributed by atoms with Gasteiger partial charge >= 0.3 is 0 Å². The standard InChI is InChI=1S/C17H27NO2/c1-15-7-2-3-10-17(15)20-14-6-12-18-11-4-8-16(18)9-5-13-19/h2-3,7,10,16,19H,4-6,8-9,11-14H2,1H3. The second-order valence-electron chi connectivity index (χ2n) is 5.67. The molecule has 1 fully saturated rings. The minimum atomic E-state index is 0.320. The zero-order valence-electron chi connectivity index (χ0n) is 12.6. The lowest BCUT2D eigenvalue weighted by Gasteiger charge is -2.24. The number of hydrogen-bond donors (Lipinski definition) is 1. The van der Waals surface area contributed by atoms with Gasteiger partial charge in [-0.05, 0) is 57.2 Å². The summed E-state index contributed by atoms with van der Waals surface area (Å²) in [7, 11) is 0. The van der Waals surface area contributed by atoms with Crippen molar-refractivity contribution < 1.29 is 9.84 Å². The minimum absolute atomic E-state index is 0.320. The minimum Gasteiger partial charge on any atom is -0.493 e. The first-order chi connectivity index (χ1) is 9.81. The zero-order chi connectivity index (χ0) is 14.2. The van der Waals surface area contributed by atoms with Crippen LogP contribution in [0.15, 0.2) is 24.3 Å². The maximum absolute atomic E-state index is 8.94. The molecule has 112 valence electrons. The molecule has 1 N–H and O–H groups in total. The molecule has 0 bridgehead atoms. The molecule has 0 spiro atoms. The van der Waals surface area contributed by atoms with Crippen LogP contribution in [0.1, 0.15) is 37.7 Å². The number of rotatable bonds is 8. The Balaban J connectivity index is 1.66. The van der Waals surface area contributed by atoms with Crippen LogP contribution in [0.5, 0.6) is 5.75 Å². The molecule has 1 saturated heterocycles. The van der Waals surface area contributed by atoms with E-state index in [0.29, 0.717) is 12.6 Å². The molecule has 2 rings (SSSR count). The first kappa shape index (κ1) is 15.3. The van der Waals surface area contributed by atoms with Crippen LogP contribution in [0.3, 0.4) is 0 Å². The topological polar surface area (TPSA) is 32.7 Å². The Kier molecular flexibility index (Phi) is 6.34. The van der Waals surface area contributed by atoms with Crippen molar-refractivity contribution in [3.63, 3.8) is 0 Å². The number of aryl methyl sites for hydroxylation is 1. The van der Waals surface area contributed by atoms with Crippen molar-refractivity contribution in [1.29, 1.82) is 0 Å². The zero-order valence-corrected chi connectivity index (χ0v) is 12.6. The third kappa shape index (κ3) is 4.50. The van der Waals surface area contributed by atoms with Crippen LogP contribution >= 0.6 is 0 Å². The van der Waals surface area contributed by atoms with E-state index in [9.17, 15) is 0 Å². The van der Waals surface area contributed by atoms with Crippen LogP contribution in [-0.4, -0.2) is 42.4 Å². The summed E-state index contributed by atoms with van der Waals surface area (Å²) in [5.41, 5.74) is 1.20. The lowest BCUT2D eigenvalue weighted by atomic mass is 10.1. The highest BCUT2D eigenvalue weighted by atomic mass is 16.5.